The number of hydrogen-bond acceptors (Lipinski definition) is 4. The topological polar surface area (TPSA) is 87.0 Å². The van der Waals surface area contributed by atoms with Crippen molar-refractivity contribution in [2.75, 3.05) is 0 Å². The van der Waals surface area contributed by atoms with Crippen molar-refractivity contribution in [1.29, 1.82) is 0 Å². The number of aryl methyl sites for hydroxylation is 1. The van der Waals surface area contributed by atoms with Gasteiger partial charge in [0.25, 0.3) is 0 Å². The maximum atomic E-state index is 12.5. The third kappa shape index (κ3) is 3.40. The molecule has 0 radical (unpaired) electrons. The van der Waals surface area contributed by atoms with E-state index < -0.39 is 17.3 Å². The van der Waals surface area contributed by atoms with Gasteiger partial charge in [0.05, 0.1) is 29.2 Å². The minimum absolute atomic E-state index is 0. The normalized spacial score (nSPS) is 20.7. The molecular weight excluding hydrogens is 353 g/mol. The van der Waals surface area contributed by atoms with Gasteiger partial charge in [-0.25, -0.2) is 4.98 Å². The molecule has 1 N–H and O–H groups in total. The quantitative estimate of drug-likeness (QED) is 0.521. The molecule has 0 aliphatic heterocycles. The summed E-state index contributed by atoms with van der Waals surface area (Å²) < 4.78 is 1.93. The Morgan fingerprint density at radius 2 is 2.00 bits per heavy atom. The Morgan fingerprint density at radius 3 is 2.70 bits per heavy atom. The van der Waals surface area contributed by atoms with Gasteiger partial charge in [-0.3, -0.25) is 4.79 Å². The first-order valence-electron chi connectivity index (χ1n) is 8.47. The first-order valence-corrected chi connectivity index (χ1v) is 8.47. The van der Waals surface area contributed by atoms with Crippen LogP contribution in [-0.4, -0.2) is 21.4 Å². The van der Waals surface area contributed by atoms with Crippen molar-refractivity contribution >= 4 is 22.9 Å². The van der Waals surface area contributed by atoms with Crippen molar-refractivity contribution in [1.82, 2.24) is 14.9 Å². The second-order valence-electron chi connectivity index (χ2n) is 6.78. The molecule has 3 aromatic rings. The van der Waals surface area contributed by atoms with E-state index in [1.54, 1.807) is 30.6 Å². The standard InChI is InChI=1S/C20H19N3O3.Na/c1-23-12-22-16-9-13(7-8-17(16)23)11-21-18(24)15-10-20(15,19(25)26)14-5-3-2-4-6-14;/h2-9,12,15H,10-11H2,1H3,(H,21,24)(H,25,26);/q;+1/p-1/t15-,20+;/m0./s1. The third-order valence-electron chi connectivity index (χ3n) is 5.19. The SMILES string of the molecule is Cn1cnc2cc(CNC(=O)[C@@H]3C[C@@]3(C(=O)[O-])c3ccccc3)ccc21.[Na+]. The number of amides is 1. The largest absolute Gasteiger partial charge is 1.00 e. The number of aromatic nitrogens is 2. The summed E-state index contributed by atoms with van der Waals surface area (Å²) in [6, 6.07) is 14.6. The number of benzene rings is 2. The number of hydrogen-bond donors (Lipinski definition) is 1. The van der Waals surface area contributed by atoms with Gasteiger partial charge >= 0.3 is 29.6 Å². The van der Waals surface area contributed by atoms with E-state index in [1.165, 1.54) is 0 Å². The van der Waals surface area contributed by atoms with Crippen molar-refractivity contribution in [3.63, 3.8) is 0 Å². The van der Waals surface area contributed by atoms with Crippen LogP contribution in [0.5, 0.6) is 0 Å². The molecule has 1 amide bonds. The van der Waals surface area contributed by atoms with Gasteiger partial charge in [-0.15, -0.1) is 0 Å². The zero-order valence-corrected chi connectivity index (χ0v) is 17.3. The van der Waals surface area contributed by atoms with Gasteiger partial charge < -0.3 is 19.8 Å². The predicted octanol–water partition coefficient (Wildman–Crippen LogP) is -2.10. The van der Waals surface area contributed by atoms with Gasteiger partial charge in [-0.1, -0.05) is 36.4 Å². The maximum Gasteiger partial charge on any atom is 1.00 e. The summed E-state index contributed by atoms with van der Waals surface area (Å²) >= 11 is 0. The monoisotopic (exact) mass is 371 g/mol. The Balaban J connectivity index is 0.00000210. The van der Waals surface area contributed by atoms with E-state index in [2.05, 4.69) is 10.3 Å². The number of fused-ring (bicyclic) bond motifs is 1. The van der Waals surface area contributed by atoms with E-state index in [9.17, 15) is 14.7 Å². The third-order valence-corrected chi connectivity index (χ3v) is 5.19. The Morgan fingerprint density at radius 1 is 1.26 bits per heavy atom. The van der Waals surface area contributed by atoms with Crippen LogP contribution < -0.4 is 40.0 Å². The molecule has 2 aromatic carbocycles. The molecule has 2 atom stereocenters. The molecule has 0 unspecified atom stereocenters. The van der Waals surface area contributed by atoms with Gasteiger partial charge in [0.15, 0.2) is 0 Å². The number of nitrogens with zero attached hydrogens (tertiary/aromatic N) is 2. The van der Waals surface area contributed by atoms with Crippen molar-refractivity contribution in [3.05, 3.63) is 66.0 Å². The molecule has 4 rings (SSSR count). The van der Waals surface area contributed by atoms with E-state index in [4.69, 9.17) is 0 Å². The van der Waals surface area contributed by atoms with E-state index >= 15 is 0 Å². The van der Waals surface area contributed by atoms with Crippen LogP contribution in [0.4, 0.5) is 0 Å². The van der Waals surface area contributed by atoms with Gasteiger partial charge in [-0.2, -0.15) is 0 Å². The fourth-order valence-electron chi connectivity index (χ4n) is 3.58. The minimum Gasteiger partial charge on any atom is -0.549 e. The summed E-state index contributed by atoms with van der Waals surface area (Å²) in [6.07, 6.45) is 2.01. The molecule has 7 heteroatoms. The second-order valence-corrected chi connectivity index (χ2v) is 6.78. The Hall–Kier alpha value is -2.15. The first-order chi connectivity index (χ1) is 12.5. The van der Waals surface area contributed by atoms with Gasteiger partial charge in [0.1, 0.15) is 0 Å². The second kappa shape index (κ2) is 7.46. The summed E-state index contributed by atoms with van der Waals surface area (Å²) in [7, 11) is 1.92. The summed E-state index contributed by atoms with van der Waals surface area (Å²) in [5.74, 6) is -2.06. The number of nitrogens with one attached hydrogen (secondary N) is 1. The minimum atomic E-state index is -1.21. The van der Waals surface area contributed by atoms with E-state index in [0.29, 0.717) is 12.1 Å². The molecule has 1 aliphatic carbocycles. The van der Waals surface area contributed by atoms with Crippen molar-refractivity contribution in [2.24, 2.45) is 13.0 Å². The average Bonchev–Trinajstić information content (AvgIpc) is 3.33. The molecule has 0 saturated heterocycles. The zero-order chi connectivity index (χ0) is 18.3. The zero-order valence-electron chi connectivity index (χ0n) is 15.3. The number of carboxylic acid groups (broad SMARTS) is 1. The molecule has 0 spiro atoms. The number of aliphatic carboxylic acids is 1. The van der Waals surface area contributed by atoms with Crippen LogP contribution in [0.25, 0.3) is 11.0 Å². The molecule has 27 heavy (non-hydrogen) atoms. The van der Waals surface area contributed by atoms with Gasteiger partial charge in [-0.05, 0) is 29.7 Å². The number of carbonyl (C=O) groups is 2. The number of imidazole rings is 1. The summed E-state index contributed by atoms with van der Waals surface area (Å²) in [5, 5.41) is 14.6. The summed E-state index contributed by atoms with van der Waals surface area (Å²) in [4.78, 5) is 28.5. The molecule has 0 bridgehead atoms. The molecule has 1 saturated carbocycles. The first kappa shape index (κ1) is 19.6. The number of carbonyl (C=O) groups excluding carboxylic acids is 2. The van der Waals surface area contributed by atoms with Crippen LogP contribution in [0.1, 0.15) is 17.5 Å². The maximum absolute atomic E-state index is 12.5. The molecule has 132 valence electrons. The fourth-order valence-corrected chi connectivity index (χ4v) is 3.58. The molecule has 1 heterocycles. The number of carboxylic acids is 1. The van der Waals surface area contributed by atoms with Crippen LogP contribution in [0.15, 0.2) is 54.9 Å². The number of rotatable bonds is 5. The molecule has 1 aromatic heterocycles. The van der Waals surface area contributed by atoms with E-state index in [-0.39, 0.29) is 41.9 Å². The van der Waals surface area contributed by atoms with Crippen molar-refractivity contribution < 1.29 is 44.3 Å². The van der Waals surface area contributed by atoms with Crippen LogP contribution in [0.3, 0.4) is 0 Å². The Kier molecular flexibility index (Phi) is 5.42. The van der Waals surface area contributed by atoms with Crippen LogP contribution in [0.2, 0.25) is 0 Å². The Bertz CT molecular complexity index is 1000. The molecule has 1 aliphatic rings. The van der Waals surface area contributed by atoms with Crippen LogP contribution in [0, 0.1) is 5.92 Å². The fraction of sp³-hybridized carbons (Fsp3) is 0.250. The molecule has 6 nitrogen and oxygen atoms in total. The molecule has 1 fully saturated rings. The molecular formula is C20H18N3NaO3. The smallest absolute Gasteiger partial charge is 0.549 e. The average molecular weight is 371 g/mol. The van der Waals surface area contributed by atoms with E-state index in [0.717, 1.165) is 16.6 Å². The predicted molar refractivity (Wildman–Crippen MR) is 93.8 cm³/mol. The summed E-state index contributed by atoms with van der Waals surface area (Å²) in [6.45, 7) is 0.333. The van der Waals surface area contributed by atoms with Crippen LogP contribution in [-0.2, 0) is 28.6 Å². The van der Waals surface area contributed by atoms with Gasteiger partial charge in [0.2, 0.25) is 5.91 Å². The van der Waals surface area contributed by atoms with Crippen molar-refractivity contribution in [3.8, 4) is 0 Å². The Labute approximate surface area is 178 Å². The summed E-state index contributed by atoms with van der Waals surface area (Å²) in [5.41, 5.74) is 2.20. The van der Waals surface area contributed by atoms with Crippen molar-refractivity contribution in [2.45, 2.75) is 18.4 Å². The van der Waals surface area contributed by atoms with Crippen LogP contribution >= 0.6 is 0 Å². The van der Waals surface area contributed by atoms with Gasteiger partial charge in [0, 0.05) is 19.0 Å². The van der Waals surface area contributed by atoms with E-state index in [1.807, 2.05) is 35.9 Å².